The minimum absolute atomic E-state index is 0.0470. The smallest absolute Gasteiger partial charge is 0.225 e. The van der Waals surface area contributed by atoms with Gasteiger partial charge in [0.05, 0.1) is 11.4 Å². The molecule has 1 N–H and O–H groups in total. The number of amides is 1. The number of nitrogens with zero attached hydrogens (tertiary/aromatic N) is 3. The molecule has 8 heteroatoms. The van der Waals surface area contributed by atoms with E-state index in [-0.39, 0.29) is 17.9 Å². The van der Waals surface area contributed by atoms with Crippen LogP contribution < -0.4 is 19.7 Å². The number of aromatic nitrogens is 1. The first kappa shape index (κ1) is 24.3. The van der Waals surface area contributed by atoms with Gasteiger partial charge < -0.3 is 24.6 Å². The molecule has 2 saturated heterocycles. The van der Waals surface area contributed by atoms with Crippen molar-refractivity contribution in [2.75, 3.05) is 50.8 Å². The number of halogens is 1. The summed E-state index contributed by atoms with van der Waals surface area (Å²) >= 11 is 6.12. The normalized spacial score (nSPS) is 20.4. The Hall–Kier alpha value is -3.03. The summed E-state index contributed by atoms with van der Waals surface area (Å²) in [6.07, 6.45) is 4.05. The van der Waals surface area contributed by atoms with Crippen LogP contribution in [0.2, 0.25) is 5.02 Å². The lowest BCUT2D eigenvalue weighted by Crippen LogP contribution is -2.46. The quantitative estimate of drug-likeness (QED) is 0.501. The van der Waals surface area contributed by atoms with E-state index in [1.807, 2.05) is 30.3 Å². The molecule has 2 aromatic carbocycles. The van der Waals surface area contributed by atoms with Crippen molar-refractivity contribution in [3.05, 3.63) is 59.1 Å². The van der Waals surface area contributed by atoms with E-state index in [0.717, 1.165) is 72.8 Å². The summed E-state index contributed by atoms with van der Waals surface area (Å²) in [5.74, 6) is 2.59. The lowest BCUT2D eigenvalue weighted by molar-refractivity contribution is -0.125. The van der Waals surface area contributed by atoms with Gasteiger partial charge in [-0.25, -0.2) is 4.98 Å². The lowest BCUT2D eigenvalue weighted by atomic mass is 10.0. The fourth-order valence-corrected chi connectivity index (χ4v) is 5.88. The molecule has 1 amide bonds. The highest BCUT2D eigenvalue weighted by atomic mass is 35.5. The molecule has 37 heavy (non-hydrogen) atoms. The maximum Gasteiger partial charge on any atom is 0.225 e. The van der Waals surface area contributed by atoms with Crippen LogP contribution in [-0.2, 0) is 11.2 Å². The van der Waals surface area contributed by atoms with Gasteiger partial charge in [0.1, 0.15) is 19.0 Å². The Balaban J connectivity index is 1.12. The van der Waals surface area contributed by atoms with E-state index in [1.165, 1.54) is 12.8 Å². The molecule has 4 heterocycles. The number of hydrogen-bond acceptors (Lipinski definition) is 6. The van der Waals surface area contributed by atoms with E-state index >= 15 is 0 Å². The molecule has 6 rings (SSSR count). The summed E-state index contributed by atoms with van der Waals surface area (Å²) in [5, 5.41) is 5.14. The maximum atomic E-state index is 13.4. The number of carbonyl (C=O) groups excluding carboxylic acids is 1. The molecular formula is C29H33ClN4O3. The molecule has 0 radical (unpaired) electrons. The molecule has 0 aliphatic carbocycles. The van der Waals surface area contributed by atoms with E-state index < -0.39 is 0 Å². The van der Waals surface area contributed by atoms with Crippen molar-refractivity contribution in [3.63, 3.8) is 0 Å². The number of hydrogen-bond donors (Lipinski definition) is 1. The Kier molecular flexibility index (Phi) is 7.07. The molecule has 3 aliphatic heterocycles. The Morgan fingerprint density at radius 2 is 1.86 bits per heavy atom. The molecule has 0 saturated carbocycles. The molecule has 3 aromatic rings. The minimum atomic E-state index is -0.0518. The van der Waals surface area contributed by atoms with Crippen LogP contribution in [0.4, 0.5) is 5.82 Å². The first-order valence-corrected chi connectivity index (χ1v) is 13.7. The van der Waals surface area contributed by atoms with E-state index in [4.69, 9.17) is 26.1 Å². The maximum absolute atomic E-state index is 13.4. The number of pyridine rings is 1. The molecule has 2 fully saturated rings. The van der Waals surface area contributed by atoms with Gasteiger partial charge in [-0.15, -0.1) is 0 Å². The highest BCUT2D eigenvalue weighted by Gasteiger charge is 2.31. The number of fused-ring (bicyclic) bond motifs is 2. The van der Waals surface area contributed by atoms with Crippen LogP contribution in [0.5, 0.6) is 11.5 Å². The lowest BCUT2D eigenvalue weighted by Gasteiger charge is -2.26. The van der Waals surface area contributed by atoms with Gasteiger partial charge in [-0.2, -0.15) is 0 Å². The fraction of sp³-hybridized carbons (Fsp3) is 0.448. The van der Waals surface area contributed by atoms with Crippen LogP contribution in [0.3, 0.4) is 0 Å². The monoisotopic (exact) mass is 520 g/mol. The van der Waals surface area contributed by atoms with Crippen LogP contribution in [0.1, 0.15) is 24.8 Å². The van der Waals surface area contributed by atoms with Gasteiger partial charge in [0.15, 0.2) is 11.5 Å². The number of rotatable bonds is 7. The van der Waals surface area contributed by atoms with Gasteiger partial charge in [0.2, 0.25) is 5.91 Å². The third kappa shape index (κ3) is 5.63. The van der Waals surface area contributed by atoms with Crippen LogP contribution in [0.15, 0.2) is 48.5 Å². The highest BCUT2D eigenvalue weighted by Crippen LogP contribution is 2.31. The molecule has 7 nitrogen and oxygen atoms in total. The summed E-state index contributed by atoms with van der Waals surface area (Å²) in [7, 11) is 0. The van der Waals surface area contributed by atoms with E-state index in [1.54, 1.807) is 0 Å². The molecule has 2 unspecified atom stereocenters. The largest absolute Gasteiger partial charge is 0.486 e. The van der Waals surface area contributed by atoms with Crippen molar-refractivity contribution in [2.45, 2.75) is 31.7 Å². The van der Waals surface area contributed by atoms with Gasteiger partial charge in [-0.05, 0) is 86.8 Å². The fourth-order valence-electron chi connectivity index (χ4n) is 5.70. The number of ether oxygens (including phenoxy) is 2. The second-order valence-corrected chi connectivity index (χ2v) is 10.8. The molecule has 2 atom stereocenters. The van der Waals surface area contributed by atoms with Gasteiger partial charge >= 0.3 is 0 Å². The average Bonchev–Trinajstić information content (AvgIpc) is 3.61. The third-order valence-corrected chi connectivity index (χ3v) is 7.87. The minimum Gasteiger partial charge on any atom is -0.486 e. The number of benzene rings is 2. The summed E-state index contributed by atoms with van der Waals surface area (Å²) in [6, 6.07) is 16.0. The number of anilines is 1. The summed E-state index contributed by atoms with van der Waals surface area (Å²) in [4.78, 5) is 22.9. The Morgan fingerprint density at radius 1 is 1.03 bits per heavy atom. The predicted molar refractivity (Wildman–Crippen MR) is 146 cm³/mol. The number of nitrogens with one attached hydrogen (secondary N) is 1. The summed E-state index contributed by atoms with van der Waals surface area (Å²) < 4.78 is 11.5. The van der Waals surface area contributed by atoms with Crippen LogP contribution in [0, 0.1) is 5.92 Å². The first-order chi connectivity index (χ1) is 18.1. The van der Waals surface area contributed by atoms with Gasteiger partial charge in [-0.1, -0.05) is 17.7 Å². The SMILES string of the molecule is O=C(NC(Cc1ccc2c(c1)OCCO2)CN1CCCC1)C1CCN(c2ccc3cc(Cl)ccc3n2)C1. The van der Waals surface area contributed by atoms with Crippen LogP contribution in [-0.4, -0.2) is 67.8 Å². The molecule has 194 valence electrons. The highest BCUT2D eigenvalue weighted by molar-refractivity contribution is 6.31. The standard InChI is InChI=1S/C29H33ClN4O3/c30-23-5-6-25-21(17-23)4-8-28(32-25)34-12-9-22(18-34)29(35)31-24(19-33-10-1-2-11-33)15-20-3-7-26-27(16-20)37-14-13-36-26/h3-8,16-17,22,24H,1-2,9-15,18-19H2,(H,31,35). The molecular weight excluding hydrogens is 488 g/mol. The Labute approximate surface area is 222 Å². The van der Waals surface area contributed by atoms with Gasteiger partial charge in [-0.3, -0.25) is 4.79 Å². The average molecular weight is 521 g/mol. The Bertz CT molecular complexity index is 1280. The molecule has 3 aliphatic rings. The molecule has 0 bridgehead atoms. The topological polar surface area (TPSA) is 66.9 Å². The van der Waals surface area contributed by atoms with Crippen molar-refractivity contribution in [1.82, 2.24) is 15.2 Å². The van der Waals surface area contributed by atoms with Crippen molar-refractivity contribution in [3.8, 4) is 11.5 Å². The predicted octanol–water partition coefficient (Wildman–Crippen LogP) is 4.31. The van der Waals surface area contributed by atoms with Crippen molar-refractivity contribution < 1.29 is 14.3 Å². The van der Waals surface area contributed by atoms with Crippen molar-refractivity contribution >= 4 is 34.2 Å². The third-order valence-electron chi connectivity index (χ3n) is 7.63. The van der Waals surface area contributed by atoms with Crippen molar-refractivity contribution in [1.29, 1.82) is 0 Å². The Morgan fingerprint density at radius 3 is 2.73 bits per heavy atom. The summed E-state index contributed by atoms with van der Waals surface area (Å²) in [5.41, 5.74) is 2.07. The summed E-state index contributed by atoms with van der Waals surface area (Å²) in [6.45, 7) is 5.73. The number of likely N-dealkylation sites (tertiary alicyclic amines) is 1. The number of carbonyl (C=O) groups is 1. The zero-order valence-electron chi connectivity index (χ0n) is 21.0. The zero-order valence-corrected chi connectivity index (χ0v) is 21.8. The molecule has 1 aromatic heterocycles. The van der Waals surface area contributed by atoms with Gasteiger partial charge in [0.25, 0.3) is 0 Å². The molecule has 0 spiro atoms. The van der Waals surface area contributed by atoms with E-state index in [9.17, 15) is 4.79 Å². The zero-order chi connectivity index (χ0) is 25.2. The van der Waals surface area contributed by atoms with Crippen LogP contribution >= 0.6 is 11.6 Å². The van der Waals surface area contributed by atoms with Crippen molar-refractivity contribution in [2.24, 2.45) is 5.92 Å². The van der Waals surface area contributed by atoms with Crippen LogP contribution in [0.25, 0.3) is 10.9 Å². The first-order valence-electron chi connectivity index (χ1n) is 13.3. The second-order valence-electron chi connectivity index (χ2n) is 10.3. The second kappa shape index (κ2) is 10.8. The van der Waals surface area contributed by atoms with E-state index in [2.05, 4.69) is 33.3 Å². The van der Waals surface area contributed by atoms with Gasteiger partial charge in [0, 0.05) is 36.1 Å². The van der Waals surface area contributed by atoms with E-state index in [0.29, 0.717) is 24.8 Å².